The quantitative estimate of drug-likeness (QED) is 0.133. The van der Waals surface area contributed by atoms with Gasteiger partial charge in [-0.3, -0.25) is 4.79 Å². The Kier molecular flexibility index (Phi) is 12.2. The largest absolute Gasteiger partial charge is 0.396 e. The van der Waals surface area contributed by atoms with E-state index >= 15 is 0 Å². The third-order valence-corrected chi connectivity index (χ3v) is 10.4. The van der Waals surface area contributed by atoms with Crippen LogP contribution in [-0.4, -0.2) is 54.8 Å². The summed E-state index contributed by atoms with van der Waals surface area (Å²) in [5.74, 6) is 0.818. The summed E-state index contributed by atoms with van der Waals surface area (Å²) >= 11 is 1.62. The number of anilines is 1. The second kappa shape index (κ2) is 16.5. The molecule has 0 bridgehead atoms. The minimum Gasteiger partial charge on any atom is -0.396 e. The van der Waals surface area contributed by atoms with Crippen molar-refractivity contribution in [3.05, 3.63) is 131 Å². The molecular formula is C36H40N2O7S2. The average molecular weight is 677 g/mol. The monoisotopic (exact) mass is 676 g/mol. The number of hydrogen-bond donors (Lipinski definition) is 4. The van der Waals surface area contributed by atoms with Crippen LogP contribution in [0.15, 0.2) is 108 Å². The van der Waals surface area contributed by atoms with Crippen molar-refractivity contribution < 1.29 is 32.9 Å². The molecule has 1 amide bonds. The van der Waals surface area contributed by atoms with Gasteiger partial charge in [-0.25, -0.2) is 8.42 Å². The predicted molar refractivity (Wildman–Crippen MR) is 183 cm³/mol. The van der Waals surface area contributed by atoms with Crippen LogP contribution in [0.1, 0.15) is 46.6 Å². The van der Waals surface area contributed by atoms with Crippen molar-refractivity contribution in [2.75, 3.05) is 23.4 Å². The predicted octanol–water partition coefficient (Wildman–Crippen LogP) is 5.29. The van der Waals surface area contributed by atoms with Gasteiger partial charge in [-0.2, -0.15) is 16.5 Å². The van der Waals surface area contributed by atoms with E-state index in [1.54, 1.807) is 36.0 Å². The summed E-state index contributed by atoms with van der Waals surface area (Å²) in [7, 11) is -3.97. The first-order valence-electron chi connectivity index (χ1n) is 15.5. The first kappa shape index (κ1) is 34.8. The van der Waals surface area contributed by atoms with Gasteiger partial charge in [0.15, 0.2) is 6.29 Å². The number of sulfonamides is 1. The minimum atomic E-state index is -3.97. The third kappa shape index (κ3) is 9.74. The van der Waals surface area contributed by atoms with Gasteiger partial charge in [-0.05, 0) is 54.3 Å². The van der Waals surface area contributed by atoms with E-state index in [0.717, 1.165) is 27.8 Å². The highest BCUT2D eigenvalue weighted by Gasteiger charge is 2.32. The Labute approximate surface area is 280 Å². The fourth-order valence-corrected chi connectivity index (χ4v) is 7.23. The second-order valence-electron chi connectivity index (χ2n) is 11.4. The smallest absolute Gasteiger partial charge is 0.242 e. The number of amides is 1. The molecule has 0 aromatic heterocycles. The molecule has 0 saturated carbocycles. The molecule has 4 N–H and O–H groups in total. The topological polar surface area (TPSA) is 134 Å². The number of ether oxygens (including phenoxy) is 2. The lowest BCUT2D eigenvalue weighted by Gasteiger charge is -2.36. The second-order valence-corrected chi connectivity index (χ2v) is 14.3. The van der Waals surface area contributed by atoms with Gasteiger partial charge < -0.3 is 25.0 Å². The van der Waals surface area contributed by atoms with E-state index in [0.29, 0.717) is 23.6 Å². The molecule has 5 rings (SSSR count). The van der Waals surface area contributed by atoms with Crippen LogP contribution in [0, 0.1) is 6.92 Å². The van der Waals surface area contributed by atoms with Gasteiger partial charge in [-0.1, -0.05) is 84.4 Å². The van der Waals surface area contributed by atoms with Gasteiger partial charge in [0.25, 0.3) is 0 Å². The first-order chi connectivity index (χ1) is 22.7. The van der Waals surface area contributed by atoms with Crippen LogP contribution in [0.4, 0.5) is 5.69 Å². The summed E-state index contributed by atoms with van der Waals surface area (Å²) in [5, 5.41) is 21.6. The fraction of sp³-hybridized carbons (Fsp3) is 0.306. The lowest BCUT2D eigenvalue weighted by atomic mass is 10.0. The Morgan fingerprint density at radius 2 is 1.55 bits per heavy atom. The molecule has 9 nitrogen and oxygen atoms in total. The molecule has 0 spiro atoms. The average Bonchev–Trinajstić information content (AvgIpc) is 3.09. The van der Waals surface area contributed by atoms with Crippen LogP contribution in [0.25, 0.3) is 0 Å². The SMILES string of the molecule is Cc1ccc(S(=O)(=O)NC(Cc2ccccc2)C(=O)Nc2ccc(C3OC(CSCCO)CC(c4ccc(CO)cc4)O3)cc2)cc1. The maximum atomic E-state index is 13.6. The summed E-state index contributed by atoms with van der Waals surface area (Å²) < 4.78 is 41.8. The Bertz CT molecular complexity index is 1680. The van der Waals surface area contributed by atoms with E-state index in [2.05, 4.69) is 10.0 Å². The van der Waals surface area contributed by atoms with Crippen molar-refractivity contribution in [2.45, 2.75) is 55.8 Å². The zero-order valence-electron chi connectivity index (χ0n) is 26.1. The fourth-order valence-electron chi connectivity index (χ4n) is 5.27. The van der Waals surface area contributed by atoms with E-state index in [1.165, 1.54) is 12.1 Å². The number of thioether (sulfide) groups is 1. The molecule has 4 atom stereocenters. The van der Waals surface area contributed by atoms with Gasteiger partial charge in [0.2, 0.25) is 15.9 Å². The number of nitrogens with one attached hydrogen (secondary N) is 2. The third-order valence-electron chi connectivity index (χ3n) is 7.83. The van der Waals surface area contributed by atoms with Gasteiger partial charge in [0.1, 0.15) is 6.04 Å². The Balaban J connectivity index is 1.31. The highest BCUT2D eigenvalue weighted by atomic mass is 32.2. The number of aliphatic hydroxyl groups is 2. The minimum absolute atomic E-state index is 0.0352. The molecule has 1 fully saturated rings. The van der Waals surface area contributed by atoms with E-state index < -0.39 is 28.3 Å². The molecule has 4 aromatic carbocycles. The molecule has 1 heterocycles. The van der Waals surface area contributed by atoms with Crippen molar-refractivity contribution >= 4 is 33.4 Å². The molecule has 0 aliphatic carbocycles. The highest BCUT2D eigenvalue weighted by Crippen LogP contribution is 2.39. The summed E-state index contributed by atoms with van der Waals surface area (Å²) in [6, 6.07) is 29.4. The molecule has 4 unspecified atom stereocenters. The molecule has 248 valence electrons. The van der Waals surface area contributed by atoms with E-state index in [-0.39, 0.29) is 36.7 Å². The summed E-state index contributed by atoms with van der Waals surface area (Å²) in [4.78, 5) is 13.6. The van der Waals surface area contributed by atoms with Crippen LogP contribution in [0.5, 0.6) is 0 Å². The van der Waals surface area contributed by atoms with Crippen LogP contribution in [0.2, 0.25) is 0 Å². The molecule has 47 heavy (non-hydrogen) atoms. The van der Waals surface area contributed by atoms with Crippen LogP contribution < -0.4 is 10.0 Å². The number of hydrogen-bond acceptors (Lipinski definition) is 8. The lowest BCUT2D eigenvalue weighted by molar-refractivity contribution is -0.245. The van der Waals surface area contributed by atoms with Gasteiger partial charge >= 0.3 is 0 Å². The van der Waals surface area contributed by atoms with Crippen molar-refractivity contribution in [3.8, 4) is 0 Å². The van der Waals surface area contributed by atoms with E-state index in [1.807, 2.05) is 73.7 Å². The molecule has 1 saturated heterocycles. The molecule has 11 heteroatoms. The maximum absolute atomic E-state index is 13.6. The number of carbonyl (C=O) groups is 1. The highest BCUT2D eigenvalue weighted by molar-refractivity contribution is 7.99. The summed E-state index contributed by atoms with van der Waals surface area (Å²) in [5.41, 5.74) is 4.80. The number of aryl methyl sites for hydroxylation is 1. The zero-order valence-corrected chi connectivity index (χ0v) is 27.8. The number of carbonyl (C=O) groups excluding carboxylic acids is 1. The van der Waals surface area contributed by atoms with Crippen molar-refractivity contribution in [2.24, 2.45) is 0 Å². The molecular weight excluding hydrogens is 637 g/mol. The Hall–Kier alpha value is -3.55. The lowest BCUT2D eigenvalue weighted by Crippen LogP contribution is -2.45. The van der Waals surface area contributed by atoms with Crippen LogP contribution in [0.3, 0.4) is 0 Å². The van der Waals surface area contributed by atoms with Gasteiger partial charge in [0, 0.05) is 29.2 Å². The van der Waals surface area contributed by atoms with Crippen LogP contribution >= 0.6 is 11.8 Å². The molecule has 1 aliphatic rings. The van der Waals surface area contributed by atoms with Crippen molar-refractivity contribution in [3.63, 3.8) is 0 Å². The number of benzene rings is 4. The van der Waals surface area contributed by atoms with Crippen LogP contribution in [-0.2, 0) is 37.3 Å². The molecule has 4 aromatic rings. The Morgan fingerprint density at radius 3 is 2.21 bits per heavy atom. The summed E-state index contributed by atoms with van der Waals surface area (Å²) in [6.07, 6.45) is -0.213. The molecule has 1 aliphatic heterocycles. The molecule has 0 radical (unpaired) electrons. The zero-order chi connectivity index (χ0) is 33.2. The summed E-state index contributed by atoms with van der Waals surface area (Å²) in [6.45, 7) is 1.93. The van der Waals surface area contributed by atoms with Crippen molar-refractivity contribution in [1.29, 1.82) is 0 Å². The number of rotatable bonds is 14. The van der Waals surface area contributed by atoms with E-state index in [9.17, 15) is 23.4 Å². The standard InChI is InChI=1S/C36H40N2O7S2/c1-25-7-17-32(18-8-25)47(42,43)38-33(21-26-5-3-2-4-6-26)35(41)37-30-15-13-29(14-16-30)36-44-31(24-46-20-19-39)22-34(45-36)28-11-9-27(23-40)10-12-28/h2-18,31,33-34,36,38-40H,19-24H2,1H3,(H,37,41). The normalized spacial score (nSPS) is 18.8. The Morgan fingerprint density at radius 1 is 0.872 bits per heavy atom. The number of aliphatic hydroxyl groups excluding tert-OH is 2. The maximum Gasteiger partial charge on any atom is 0.242 e. The first-order valence-corrected chi connectivity index (χ1v) is 18.1. The van der Waals surface area contributed by atoms with Gasteiger partial charge in [0.05, 0.1) is 30.3 Å². The van der Waals surface area contributed by atoms with Gasteiger partial charge in [-0.15, -0.1) is 0 Å². The van der Waals surface area contributed by atoms with E-state index in [4.69, 9.17) is 9.47 Å². The van der Waals surface area contributed by atoms with Crippen molar-refractivity contribution in [1.82, 2.24) is 4.72 Å².